The van der Waals surface area contributed by atoms with Gasteiger partial charge in [-0.05, 0) is 31.0 Å². The van der Waals surface area contributed by atoms with Crippen molar-refractivity contribution >= 4 is 33.3 Å². The van der Waals surface area contributed by atoms with E-state index >= 15 is 0 Å². The van der Waals surface area contributed by atoms with Crippen molar-refractivity contribution in [1.82, 2.24) is 0 Å². The second-order valence-electron chi connectivity index (χ2n) is 3.88. The van der Waals surface area contributed by atoms with Crippen molar-refractivity contribution in [2.24, 2.45) is 0 Å². The molecule has 0 bridgehead atoms. The number of hydrogen-bond donors (Lipinski definition) is 0. The number of amides is 1. The van der Waals surface area contributed by atoms with Crippen LogP contribution in [-0.4, -0.2) is 23.6 Å². The number of hydrogen-bond acceptors (Lipinski definition) is 2. The molecule has 0 saturated carbocycles. The van der Waals surface area contributed by atoms with Gasteiger partial charge in [0.15, 0.2) is 0 Å². The van der Waals surface area contributed by atoms with E-state index in [-0.39, 0.29) is 5.78 Å². The molecule has 16 heavy (non-hydrogen) atoms. The molecule has 0 aromatic heterocycles. The van der Waals surface area contributed by atoms with E-state index in [1.54, 1.807) is 11.0 Å². The predicted octanol–water partition coefficient (Wildman–Crippen LogP) is 2.23. The molecule has 1 aromatic rings. The molecule has 0 N–H and O–H groups in total. The number of benzene rings is 1. The Morgan fingerprint density at radius 1 is 1.25 bits per heavy atom. The van der Waals surface area contributed by atoms with Crippen molar-refractivity contribution in [1.29, 1.82) is 0 Å². The second kappa shape index (κ2) is 4.01. The summed E-state index contributed by atoms with van der Waals surface area (Å²) in [6.07, 6.45) is 0. The number of anilines is 1. The van der Waals surface area contributed by atoms with Crippen LogP contribution in [0.15, 0.2) is 12.1 Å². The van der Waals surface area contributed by atoms with Crippen LogP contribution in [-0.2, 0) is 4.79 Å². The number of carbonyl (C=O) groups excluding carboxylic acids is 2. The van der Waals surface area contributed by atoms with Crippen LogP contribution < -0.4 is 4.90 Å². The maximum absolute atomic E-state index is 11.8. The van der Waals surface area contributed by atoms with Crippen LogP contribution >= 0.6 is 15.9 Å². The van der Waals surface area contributed by atoms with Gasteiger partial charge in [-0.3, -0.25) is 9.59 Å². The molecule has 0 unspecified atom stereocenters. The van der Waals surface area contributed by atoms with Crippen LogP contribution in [0.3, 0.4) is 0 Å². The van der Waals surface area contributed by atoms with Crippen LogP contribution in [0.25, 0.3) is 0 Å². The van der Waals surface area contributed by atoms with Gasteiger partial charge in [0.2, 0.25) is 0 Å². The summed E-state index contributed by atoms with van der Waals surface area (Å²) in [7, 11) is 0. The number of rotatable bonds is 2. The first-order chi connectivity index (χ1) is 7.57. The Morgan fingerprint density at radius 2 is 1.94 bits per heavy atom. The molecule has 0 spiro atoms. The lowest BCUT2D eigenvalue weighted by atomic mass is 10.0. The first kappa shape index (κ1) is 11.3. The summed E-state index contributed by atoms with van der Waals surface area (Å²) in [5, 5.41) is 0.666. The highest BCUT2D eigenvalue weighted by molar-refractivity contribution is 9.09. The third-order valence-electron chi connectivity index (χ3n) is 2.96. The Kier molecular flexibility index (Phi) is 2.84. The highest BCUT2D eigenvalue weighted by Crippen LogP contribution is 2.33. The maximum Gasteiger partial charge on any atom is 0.299 e. The maximum atomic E-state index is 11.8. The van der Waals surface area contributed by atoms with E-state index in [1.165, 1.54) is 0 Å². The molecular weight excluding hydrogens is 270 g/mol. The molecule has 1 amide bonds. The zero-order valence-electron chi connectivity index (χ0n) is 9.21. The van der Waals surface area contributed by atoms with Gasteiger partial charge < -0.3 is 4.90 Å². The largest absolute Gasteiger partial charge is 0.304 e. The predicted molar refractivity (Wildman–Crippen MR) is 66.4 cm³/mol. The second-order valence-corrected chi connectivity index (χ2v) is 4.67. The molecule has 0 aliphatic carbocycles. The Balaban J connectivity index is 2.62. The number of aryl methyl sites for hydroxylation is 1. The topological polar surface area (TPSA) is 37.4 Å². The van der Waals surface area contributed by atoms with Crippen molar-refractivity contribution < 1.29 is 9.59 Å². The van der Waals surface area contributed by atoms with Gasteiger partial charge in [-0.15, -0.1) is 0 Å². The molecule has 0 saturated heterocycles. The molecule has 84 valence electrons. The fourth-order valence-corrected chi connectivity index (χ4v) is 2.32. The van der Waals surface area contributed by atoms with Crippen molar-refractivity contribution in [2.45, 2.75) is 13.8 Å². The number of nitrogens with zero attached hydrogens (tertiary/aromatic N) is 1. The lowest BCUT2D eigenvalue weighted by Gasteiger charge is -2.18. The fraction of sp³-hybridized carbons (Fsp3) is 0.333. The first-order valence-electron chi connectivity index (χ1n) is 5.10. The third-order valence-corrected chi connectivity index (χ3v) is 3.32. The lowest BCUT2D eigenvalue weighted by molar-refractivity contribution is -0.114. The van der Waals surface area contributed by atoms with Crippen LogP contribution in [0.2, 0.25) is 0 Å². The third kappa shape index (κ3) is 1.48. The SMILES string of the molecule is Cc1ccc2c(c1C)N(CCBr)C(=O)C2=O. The van der Waals surface area contributed by atoms with Crippen LogP contribution in [0, 0.1) is 13.8 Å². The fourth-order valence-electron chi connectivity index (χ4n) is 1.97. The summed E-state index contributed by atoms with van der Waals surface area (Å²) in [6.45, 7) is 4.46. The molecule has 3 nitrogen and oxygen atoms in total. The zero-order valence-corrected chi connectivity index (χ0v) is 10.8. The van der Waals surface area contributed by atoms with Gasteiger partial charge in [0.1, 0.15) is 0 Å². The lowest BCUT2D eigenvalue weighted by Crippen LogP contribution is -2.31. The highest BCUT2D eigenvalue weighted by atomic mass is 79.9. The summed E-state index contributed by atoms with van der Waals surface area (Å²) >= 11 is 3.30. The highest BCUT2D eigenvalue weighted by Gasteiger charge is 2.36. The molecule has 0 radical (unpaired) electrons. The molecular formula is C12H12BrNO2. The van der Waals surface area contributed by atoms with Gasteiger partial charge in [0.05, 0.1) is 11.3 Å². The zero-order chi connectivity index (χ0) is 11.9. The summed E-state index contributed by atoms with van der Waals surface area (Å²) in [4.78, 5) is 25.1. The van der Waals surface area contributed by atoms with E-state index in [1.807, 2.05) is 19.9 Å². The normalized spacial score (nSPS) is 14.6. The van der Waals surface area contributed by atoms with Crippen LogP contribution in [0.5, 0.6) is 0 Å². The Bertz CT molecular complexity index is 482. The number of Topliss-reactive ketones (excluding diaryl/α,β-unsaturated/α-hetero) is 1. The average molecular weight is 282 g/mol. The minimum absolute atomic E-state index is 0.390. The van der Waals surface area contributed by atoms with E-state index < -0.39 is 5.91 Å². The summed E-state index contributed by atoms with van der Waals surface area (Å²) in [5.74, 6) is -0.804. The summed E-state index contributed by atoms with van der Waals surface area (Å²) in [6, 6.07) is 3.63. The number of halogens is 1. The minimum atomic E-state index is -0.414. The van der Waals surface area contributed by atoms with Gasteiger partial charge in [-0.1, -0.05) is 22.0 Å². The van der Waals surface area contributed by atoms with E-state index in [0.29, 0.717) is 17.4 Å². The van der Waals surface area contributed by atoms with Gasteiger partial charge in [0, 0.05) is 11.9 Å². The standard InChI is InChI=1S/C12H12BrNO2/c1-7-3-4-9-10(8(7)2)14(6-5-13)12(16)11(9)15/h3-4H,5-6H2,1-2H3. The van der Waals surface area contributed by atoms with Crippen molar-refractivity contribution in [2.75, 3.05) is 16.8 Å². The number of fused-ring (bicyclic) bond motifs is 1. The van der Waals surface area contributed by atoms with Gasteiger partial charge in [0.25, 0.3) is 11.7 Å². The smallest absolute Gasteiger partial charge is 0.299 e. The van der Waals surface area contributed by atoms with Crippen LogP contribution in [0.1, 0.15) is 21.5 Å². The van der Waals surface area contributed by atoms with E-state index in [2.05, 4.69) is 15.9 Å². The Labute approximate surface area is 103 Å². The first-order valence-corrected chi connectivity index (χ1v) is 6.22. The Morgan fingerprint density at radius 3 is 2.56 bits per heavy atom. The van der Waals surface area contributed by atoms with Crippen molar-refractivity contribution in [3.63, 3.8) is 0 Å². The molecule has 0 atom stereocenters. The number of ketones is 1. The Hall–Kier alpha value is -1.16. The molecule has 1 aliphatic heterocycles. The summed E-state index contributed by atoms with van der Waals surface area (Å²) in [5.41, 5.74) is 3.43. The monoisotopic (exact) mass is 281 g/mol. The molecule has 0 fully saturated rings. The summed E-state index contributed by atoms with van der Waals surface area (Å²) < 4.78 is 0. The number of alkyl halides is 1. The average Bonchev–Trinajstić information content (AvgIpc) is 2.50. The molecule has 4 heteroatoms. The van der Waals surface area contributed by atoms with Gasteiger partial charge in [-0.2, -0.15) is 0 Å². The molecule has 1 heterocycles. The molecule has 1 aliphatic rings. The van der Waals surface area contributed by atoms with Gasteiger partial charge in [-0.25, -0.2) is 0 Å². The minimum Gasteiger partial charge on any atom is -0.304 e. The van der Waals surface area contributed by atoms with Crippen LogP contribution in [0.4, 0.5) is 5.69 Å². The van der Waals surface area contributed by atoms with E-state index in [4.69, 9.17) is 0 Å². The quantitative estimate of drug-likeness (QED) is 0.616. The van der Waals surface area contributed by atoms with Gasteiger partial charge >= 0.3 is 0 Å². The van der Waals surface area contributed by atoms with E-state index in [9.17, 15) is 9.59 Å². The van der Waals surface area contributed by atoms with E-state index in [0.717, 1.165) is 16.8 Å². The van der Waals surface area contributed by atoms with Crippen molar-refractivity contribution in [3.05, 3.63) is 28.8 Å². The number of carbonyl (C=O) groups is 2. The molecule has 2 rings (SSSR count). The molecule has 1 aromatic carbocycles. The van der Waals surface area contributed by atoms with Crippen molar-refractivity contribution in [3.8, 4) is 0 Å².